The third-order valence-corrected chi connectivity index (χ3v) is 5.45. The molecular weight excluding hydrogens is 491 g/mol. The molecule has 2 amide bonds. The van der Waals surface area contributed by atoms with Crippen LogP contribution in [-0.4, -0.2) is 71.3 Å². The zero-order valence-corrected chi connectivity index (χ0v) is 21.1. The molecule has 0 saturated carbocycles. The Hall–Kier alpha value is -3.41. The smallest absolute Gasteiger partial charge is 0.419 e. The summed E-state index contributed by atoms with van der Waals surface area (Å²) in [7, 11) is 0. The van der Waals surface area contributed by atoms with Gasteiger partial charge in [0.2, 0.25) is 11.9 Å². The maximum Gasteiger partial charge on any atom is 0.419 e. The van der Waals surface area contributed by atoms with Crippen LogP contribution in [0.1, 0.15) is 38.3 Å². The number of rotatable bonds is 8. The summed E-state index contributed by atoms with van der Waals surface area (Å²) in [5.74, 6) is -0.00348. The molecule has 12 heteroatoms. The molecule has 2 aromatic rings. The molecule has 3 rings (SSSR count). The van der Waals surface area contributed by atoms with Gasteiger partial charge in [-0.25, -0.2) is 14.8 Å². The molecule has 1 aromatic carbocycles. The number of nitrogens with one attached hydrogen (secondary N) is 1. The molecule has 1 aromatic heterocycles. The Kier molecular flexibility index (Phi) is 9.30. The number of ether oxygens (including phenoxy) is 2. The number of piperazine rings is 1. The second-order valence-electron chi connectivity index (χ2n) is 9.69. The van der Waals surface area contributed by atoms with Gasteiger partial charge in [-0.2, -0.15) is 13.2 Å². The van der Waals surface area contributed by atoms with Crippen molar-refractivity contribution in [2.75, 3.05) is 37.7 Å². The van der Waals surface area contributed by atoms with Gasteiger partial charge in [-0.05, 0) is 26.3 Å². The van der Waals surface area contributed by atoms with Gasteiger partial charge < -0.3 is 24.6 Å². The van der Waals surface area contributed by atoms with E-state index in [0.29, 0.717) is 32.8 Å². The molecule has 37 heavy (non-hydrogen) atoms. The molecule has 1 saturated heterocycles. The summed E-state index contributed by atoms with van der Waals surface area (Å²) in [4.78, 5) is 36.4. The molecule has 1 N–H and O–H groups in total. The number of alkyl carbamates (subject to hydrolysis) is 1. The van der Waals surface area contributed by atoms with Crippen LogP contribution in [0.25, 0.3) is 0 Å². The zero-order chi connectivity index (χ0) is 27.1. The van der Waals surface area contributed by atoms with Crippen molar-refractivity contribution >= 4 is 17.9 Å². The van der Waals surface area contributed by atoms with E-state index in [0.717, 1.165) is 18.0 Å². The SMILES string of the molecule is CC(C)(C)OC(=O)N[C@@H](COCc1ccccc1)CC(=O)N1CCN(c2ncc(C(F)(F)F)cn2)CC1. The van der Waals surface area contributed by atoms with Crippen molar-refractivity contribution in [2.45, 2.75) is 51.6 Å². The summed E-state index contributed by atoms with van der Waals surface area (Å²) in [6, 6.07) is 8.92. The number of hydrogen-bond donors (Lipinski definition) is 1. The van der Waals surface area contributed by atoms with E-state index >= 15 is 0 Å². The first-order valence-electron chi connectivity index (χ1n) is 11.9. The van der Waals surface area contributed by atoms with Gasteiger partial charge in [0.15, 0.2) is 0 Å². The number of nitrogens with zero attached hydrogens (tertiary/aromatic N) is 4. The van der Waals surface area contributed by atoms with Crippen LogP contribution in [0.2, 0.25) is 0 Å². The fourth-order valence-electron chi connectivity index (χ4n) is 3.65. The van der Waals surface area contributed by atoms with E-state index in [9.17, 15) is 22.8 Å². The van der Waals surface area contributed by atoms with Gasteiger partial charge in [0, 0.05) is 45.0 Å². The lowest BCUT2D eigenvalue weighted by Gasteiger charge is -2.35. The molecule has 0 aliphatic carbocycles. The molecule has 1 fully saturated rings. The zero-order valence-electron chi connectivity index (χ0n) is 21.1. The minimum Gasteiger partial charge on any atom is -0.444 e. The highest BCUT2D eigenvalue weighted by atomic mass is 19.4. The Labute approximate surface area is 214 Å². The van der Waals surface area contributed by atoms with Gasteiger partial charge in [-0.1, -0.05) is 30.3 Å². The number of alkyl halides is 3. The van der Waals surface area contributed by atoms with Gasteiger partial charge >= 0.3 is 12.3 Å². The van der Waals surface area contributed by atoms with E-state index in [1.165, 1.54) is 0 Å². The molecule has 9 nitrogen and oxygen atoms in total. The van der Waals surface area contributed by atoms with Crippen LogP contribution in [0.3, 0.4) is 0 Å². The first-order valence-corrected chi connectivity index (χ1v) is 11.9. The van der Waals surface area contributed by atoms with Crippen LogP contribution >= 0.6 is 0 Å². The monoisotopic (exact) mass is 523 g/mol. The highest BCUT2D eigenvalue weighted by Gasteiger charge is 2.32. The van der Waals surface area contributed by atoms with E-state index in [4.69, 9.17) is 9.47 Å². The molecular formula is C25H32F3N5O4. The molecule has 0 spiro atoms. The topological polar surface area (TPSA) is 96.9 Å². The van der Waals surface area contributed by atoms with Crippen molar-refractivity contribution in [1.82, 2.24) is 20.2 Å². The average Bonchev–Trinajstić information content (AvgIpc) is 2.83. The molecule has 0 unspecified atom stereocenters. The molecule has 1 aliphatic heterocycles. The van der Waals surface area contributed by atoms with Crippen molar-refractivity contribution in [3.63, 3.8) is 0 Å². The normalized spacial score (nSPS) is 15.3. The maximum absolute atomic E-state index is 13.0. The standard InChI is InChI=1S/C25H32F3N5O4/c1-24(2,3)37-23(35)31-20(17-36-16-18-7-5-4-6-8-18)13-21(34)32-9-11-33(12-10-32)22-29-14-19(15-30-22)25(26,27)28/h4-8,14-15,20H,9-13,16-17H2,1-3H3,(H,31,35)/t20-/m1/s1. The third-order valence-electron chi connectivity index (χ3n) is 5.45. The molecule has 0 radical (unpaired) electrons. The summed E-state index contributed by atoms with van der Waals surface area (Å²) < 4.78 is 49.3. The lowest BCUT2D eigenvalue weighted by molar-refractivity contribution is -0.138. The summed E-state index contributed by atoms with van der Waals surface area (Å²) in [6.45, 7) is 7.10. The first kappa shape index (κ1) is 28.2. The number of carbonyl (C=O) groups excluding carboxylic acids is 2. The molecule has 0 bridgehead atoms. The van der Waals surface area contributed by atoms with E-state index in [2.05, 4.69) is 15.3 Å². The molecule has 1 atom stereocenters. The van der Waals surface area contributed by atoms with Crippen LogP contribution < -0.4 is 10.2 Å². The molecule has 1 aliphatic rings. The fraction of sp³-hybridized carbons (Fsp3) is 0.520. The van der Waals surface area contributed by atoms with Crippen LogP contribution in [0, 0.1) is 0 Å². The van der Waals surface area contributed by atoms with Gasteiger partial charge in [0.1, 0.15) is 5.60 Å². The summed E-state index contributed by atoms with van der Waals surface area (Å²) in [6.07, 6.45) is -3.63. The van der Waals surface area contributed by atoms with Crippen LogP contribution in [-0.2, 0) is 27.1 Å². The van der Waals surface area contributed by atoms with Gasteiger partial charge in [-0.15, -0.1) is 0 Å². The molecule has 202 valence electrons. The van der Waals surface area contributed by atoms with Crippen molar-refractivity contribution in [3.8, 4) is 0 Å². The minimum absolute atomic E-state index is 0.00477. The highest BCUT2D eigenvalue weighted by Crippen LogP contribution is 2.28. The first-order chi connectivity index (χ1) is 17.4. The Morgan fingerprint density at radius 2 is 1.65 bits per heavy atom. The maximum atomic E-state index is 13.0. The Morgan fingerprint density at radius 1 is 1.03 bits per heavy atom. The van der Waals surface area contributed by atoms with E-state index < -0.39 is 29.5 Å². The minimum atomic E-state index is -4.50. The van der Waals surface area contributed by atoms with Gasteiger partial charge in [0.25, 0.3) is 0 Å². The largest absolute Gasteiger partial charge is 0.444 e. The van der Waals surface area contributed by atoms with Gasteiger partial charge in [0.05, 0.1) is 24.8 Å². The number of hydrogen-bond acceptors (Lipinski definition) is 7. The average molecular weight is 524 g/mol. The summed E-state index contributed by atoms with van der Waals surface area (Å²) in [5.41, 5.74) is -0.644. The predicted molar refractivity (Wildman–Crippen MR) is 130 cm³/mol. The second kappa shape index (κ2) is 12.2. The predicted octanol–water partition coefficient (Wildman–Crippen LogP) is 3.64. The summed E-state index contributed by atoms with van der Waals surface area (Å²) >= 11 is 0. The molecule has 2 heterocycles. The fourth-order valence-corrected chi connectivity index (χ4v) is 3.65. The number of carbonyl (C=O) groups is 2. The summed E-state index contributed by atoms with van der Waals surface area (Å²) in [5, 5.41) is 2.73. The second-order valence-corrected chi connectivity index (χ2v) is 9.69. The lowest BCUT2D eigenvalue weighted by atomic mass is 10.1. The number of aromatic nitrogens is 2. The number of amides is 2. The van der Waals surface area contributed by atoms with Crippen molar-refractivity contribution in [3.05, 3.63) is 53.9 Å². The number of anilines is 1. The van der Waals surface area contributed by atoms with Crippen molar-refractivity contribution in [2.24, 2.45) is 0 Å². The van der Waals surface area contributed by atoms with E-state index in [-0.39, 0.29) is 24.9 Å². The van der Waals surface area contributed by atoms with Crippen molar-refractivity contribution in [1.29, 1.82) is 0 Å². The highest BCUT2D eigenvalue weighted by molar-refractivity contribution is 5.78. The Bertz CT molecular complexity index is 1020. The van der Waals surface area contributed by atoms with E-state index in [1.807, 2.05) is 30.3 Å². The third kappa shape index (κ3) is 9.19. The van der Waals surface area contributed by atoms with Crippen LogP contribution in [0.15, 0.2) is 42.7 Å². The Balaban J connectivity index is 1.54. The van der Waals surface area contributed by atoms with Gasteiger partial charge in [-0.3, -0.25) is 4.79 Å². The number of benzene rings is 1. The lowest BCUT2D eigenvalue weighted by Crippen LogP contribution is -2.51. The number of halogens is 3. The Morgan fingerprint density at radius 3 is 2.22 bits per heavy atom. The quantitative estimate of drug-likeness (QED) is 0.564. The van der Waals surface area contributed by atoms with Crippen LogP contribution in [0.4, 0.5) is 23.9 Å². The van der Waals surface area contributed by atoms with Crippen LogP contribution in [0.5, 0.6) is 0 Å². The van der Waals surface area contributed by atoms with Crippen molar-refractivity contribution < 1.29 is 32.2 Å². The van der Waals surface area contributed by atoms with E-state index in [1.54, 1.807) is 30.6 Å².